The van der Waals surface area contributed by atoms with Crippen LogP contribution in [-0.2, 0) is 4.79 Å². The topological polar surface area (TPSA) is 67.1 Å². The highest BCUT2D eigenvalue weighted by Crippen LogP contribution is 2.39. The second-order valence-corrected chi connectivity index (χ2v) is 6.52. The van der Waals surface area contributed by atoms with E-state index in [1.165, 1.54) is 12.8 Å². The molecule has 2 atom stereocenters. The minimum atomic E-state index is -0.182. The number of carbonyl (C=O) groups excluding carboxylic acids is 1. The number of nitrogens with two attached hydrogens (primary N) is 1. The first-order chi connectivity index (χ1) is 8.14. The number of rotatable bonds is 5. The first kappa shape index (κ1) is 13.2. The molecule has 4 nitrogen and oxygen atoms in total. The van der Waals surface area contributed by atoms with E-state index in [1.54, 1.807) is 0 Å². The summed E-state index contributed by atoms with van der Waals surface area (Å²) in [5, 5.41) is 6.52. The zero-order valence-corrected chi connectivity index (χ0v) is 11.3. The van der Waals surface area contributed by atoms with Crippen molar-refractivity contribution in [2.75, 3.05) is 24.6 Å². The van der Waals surface area contributed by atoms with E-state index in [1.807, 2.05) is 11.8 Å². The zero-order chi connectivity index (χ0) is 12.3. The lowest BCUT2D eigenvalue weighted by atomic mass is 9.95. The molecule has 5 heteroatoms. The predicted octanol–water partition coefficient (Wildman–Crippen LogP) is 0.325. The van der Waals surface area contributed by atoms with Gasteiger partial charge in [-0.15, -0.1) is 0 Å². The van der Waals surface area contributed by atoms with Crippen LogP contribution in [0.1, 0.15) is 26.2 Å². The van der Waals surface area contributed by atoms with Crippen LogP contribution < -0.4 is 16.4 Å². The van der Waals surface area contributed by atoms with Crippen molar-refractivity contribution in [3.63, 3.8) is 0 Å². The van der Waals surface area contributed by atoms with E-state index in [9.17, 15) is 4.79 Å². The van der Waals surface area contributed by atoms with E-state index >= 15 is 0 Å². The van der Waals surface area contributed by atoms with Crippen LogP contribution in [0, 0.1) is 5.92 Å². The van der Waals surface area contributed by atoms with Crippen LogP contribution >= 0.6 is 11.8 Å². The average Bonchev–Trinajstić information content (AvgIpc) is 3.14. The fraction of sp³-hybridized carbons (Fsp3) is 0.917. The molecule has 4 N–H and O–H groups in total. The summed E-state index contributed by atoms with van der Waals surface area (Å²) >= 11 is 1.92. The lowest BCUT2D eigenvalue weighted by Gasteiger charge is -2.31. The second kappa shape index (κ2) is 5.59. The molecule has 0 aromatic heterocycles. The highest BCUT2D eigenvalue weighted by atomic mass is 32.2. The van der Waals surface area contributed by atoms with Gasteiger partial charge in [-0.25, -0.2) is 0 Å². The number of nitrogens with one attached hydrogen (secondary N) is 2. The van der Waals surface area contributed by atoms with Crippen molar-refractivity contribution < 1.29 is 4.79 Å². The third kappa shape index (κ3) is 3.60. The Morgan fingerprint density at radius 1 is 1.59 bits per heavy atom. The smallest absolute Gasteiger partial charge is 0.222 e. The van der Waals surface area contributed by atoms with Crippen LogP contribution in [0.2, 0.25) is 0 Å². The van der Waals surface area contributed by atoms with Gasteiger partial charge in [0.25, 0.3) is 0 Å². The minimum absolute atomic E-state index is 0.143. The highest BCUT2D eigenvalue weighted by molar-refractivity contribution is 7.99. The van der Waals surface area contributed by atoms with Gasteiger partial charge in [0.15, 0.2) is 0 Å². The van der Waals surface area contributed by atoms with Crippen molar-refractivity contribution in [3.8, 4) is 0 Å². The molecule has 0 aromatic rings. The summed E-state index contributed by atoms with van der Waals surface area (Å²) in [6, 6.07) is 0.329. The third-order valence-corrected chi connectivity index (χ3v) is 4.89. The number of amides is 1. The number of hydrogen-bond acceptors (Lipinski definition) is 4. The lowest BCUT2D eigenvalue weighted by Crippen LogP contribution is -2.54. The Labute approximate surface area is 107 Å². The van der Waals surface area contributed by atoms with Gasteiger partial charge in [0, 0.05) is 37.1 Å². The van der Waals surface area contributed by atoms with E-state index in [0.29, 0.717) is 24.9 Å². The first-order valence-electron chi connectivity index (χ1n) is 6.46. The van der Waals surface area contributed by atoms with Crippen LogP contribution in [-0.4, -0.2) is 42.1 Å². The van der Waals surface area contributed by atoms with Crippen molar-refractivity contribution in [1.29, 1.82) is 0 Å². The standard InChI is InChI=1S/C12H23N3OS/c1-12(8-13,9-2-3-9)15-11(16)6-10-7-17-5-4-14-10/h9-10,14H,2-8,13H2,1H3,(H,15,16). The quantitative estimate of drug-likeness (QED) is 0.664. The molecule has 17 heavy (non-hydrogen) atoms. The van der Waals surface area contributed by atoms with Crippen LogP contribution in [0.5, 0.6) is 0 Å². The second-order valence-electron chi connectivity index (χ2n) is 5.37. The monoisotopic (exact) mass is 257 g/mol. The summed E-state index contributed by atoms with van der Waals surface area (Å²) in [5.74, 6) is 2.92. The Balaban J connectivity index is 1.79. The maximum atomic E-state index is 12.0. The summed E-state index contributed by atoms with van der Waals surface area (Å²) in [6.07, 6.45) is 2.98. The molecule has 0 bridgehead atoms. The molecule has 1 aliphatic heterocycles. The molecular weight excluding hydrogens is 234 g/mol. The van der Waals surface area contributed by atoms with Crippen molar-refractivity contribution in [2.45, 2.75) is 37.8 Å². The van der Waals surface area contributed by atoms with Gasteiger partial charge in [0.2, 0.25) is 5.91 Å². The molecule has 0 aromatic carbocycles. The number of thioether (sulfide) groups is 1. The van der Waals surface area contributed by atoms with Crippen molar-refractivity contribution >= 4 is 17.7 Å². The normalized spacial score (nSPS) is 28.5. The van der Waals surface area contributed by atoms with Gasteiger partial charge in [-0.2, -0.15) is 11.8 Å². The molecule has 2 rings (SSSR count). The molecule has 0 radical (unpaired) electrons. The molecule has 2 fully saturated rings. The van der Waals surface area contributed by atoms with Crippen molar-refractivity contribution in [3.05, 3.63) is 0 Å². The van der Waals surface area contributed by atoms with Gasteiger partial charge in [-0.1, -0.05) is 0 Å². The highest BCUT2D eigenvalue weighted by Gasteiger charge is 2.41. The first-order valence-corrected chi connectivity index (χ1v) is 7.62. The average molecular weight is 257 g/mol. The molecule has 1 saturated carbocycles. The van der Waals surface area contributed by atoms with E-state index in [0.717, 1.165) is 18.1 Å². The van der Waals surface area contributed by atoms with Gasteiger partial charge < -0.3 is 16.4 Å². The van der Waals surface area contributed by atoms with Gasteiger partial charge in [0.05, 0.1) is 5.54 Å². The molecule has 1 aliphatic carbocycles. The number of carbonyl (C=O) groups is 1. The van der Waals surface area contributed by atoms with E-state index in [-0.39, 0.29) is 11.4 Å². The van der Waals surface area contributed by atoms with Crippen LogP contribution in [0.4, 0.5) is 0 Å². The summed E-state index contributed by atoms with van der Waals surface area (Å²) in [6.45, 7) is 3.63. The van der Waals surface area contributed by atoms with Crippen LogP contribution in [0.15, 0.2) is 0 Å². The molecule has 2 aliphatic rings. The van der Waals surface area contributed by atoms with Crippen LogP contribution in [0.3, 0.4) is 0 Å². The van der Waals surface area contributed by atoms with Crippen LogP contribution in [0.25, 0.3) is 0 Å². The molecule has 98 valence electrons. The maximum absolute atomic E-state index is 12.0. The number of hydrogen-bond donors (Lipinski definition) is 3. The molecule has 1 amide bonds. The predicted molar refractivity (Wildman–Crippen MR) is 72.1 cm³/mol. The molecule has 0 spiro atoms. The SMILES string of the molecule is CC(CN)(NC(=O)CC1CSCCN1)C1CC1. The van der Waals surface area contributed by atoms with Gasteiger partial charge in [0.1, 0.15) is 0 Å². The largest absolute Gasteiger partial charge is 0.349 e. The van der Waals surface area contributed by atoms with E-state index in [2.05, 4.69) is 17.6 Å². The summed E-state index contributed by atoms with van der Waals surface area (Å²) in [5.41, 5.74) is 5.61. The summed E-state index contributed by atoms with van der Waals surface area (Å²) < 4.78 is 0. The lowest BCUT2D eigenvalue weighted by molar-refractivity contribution is -0.123. The van der Waals surface area contributed by atoms with Crippen molar-refractivity contribution in [1.82, 2.24) is 10.6 Å². The summed E-state index contributed by atoms with van der Waals surface area (Å²) in [4.78, 5) is 12.0. The molecular formula is C12H23N3OS. The Morgan fingerprint density at radius 2 is 2.35 bits per heavy atom. The molecule has 1 heterocycles. The maximum Gasteiger partial charge on any atom is 0.222 e. The van der Waals surface area contributed by atoms with Gasteiger partial charge in [-0.3, -0.25) is 4.79 Å². The van der Waals surface area contributed by atoms with E-state index < -0.39 is 0 Å². The fourth-order valence-corrected chi connectivity index (χ4v) is 3.33. The summed E-state index contributed by atoms with van der Waals surface area (Å²) in [7, 11) is 0. The minimum Gasteiger partial charge on any atom is -0.349 e. The Kier molecular flexibility index (Phi) is 4.33. The Morgan fingerprint density at radius 3 is 2.88 bits per heavy atom. The molecule has 2 unspecified atom stereocenters. The van der Waals surface area contributed by atoms with Gasteiger partial charge >= 0.3 is 0 Å². The fourth-order valence-electron chi connectivity index (χ4n) is 2.38. The third-order valence-electron chi connectivity index (χ3n) is 3.76. The van der Waals surface area contributed by atoms with Gasteiger partial charge in [-0.05, 0) is 25.7 Å². The Hall–Kier alpha value is -0.260. The Bertz CT molecular complexity index is 277. The van der Waals surface area contributed by atoms with E-state index in [4.69, 9.17) is 5.73 Å². The molecule has 1 saturated heterocycles. The zero-order valence-electron chi connectivity index (χ0n) is 10.5. The van der Waals surface area contributed by atoms with Crippen molar-refractivity contribution in [2.24, 2.45) is 11.7 Å².